The molecule has 104 valence electrons. The summed E-state index contributed by atoms with van der Waals surface area (Å²) in [5.74, 6) is 0.684. The van der Waals surface area contributed by atoms with E-state index in [0.717, 1.165) is 15.9 Å². The highest BCUT2D eigenvalue weighted by Gasteiger charge is 2.27. The molecule has 0 bridgehead atoms. The van der Waals surface area contributed by atoms with Crippen molar-refractivity contribution in [3.63, 3.8) is 0 Å². The smallest absolute Gasteiger partial charge is 0.249 e. The third-order valence-corrected chi connectivity index (χ3v) is 3.54. The van der Waals surface area contributed by atoms with Gasteiger partial charge in [0, 0.05) is 10.7 Å². The number of aromatic nitrogens is 3. The first-order valence-corrected chi connectivity index (χ1v) is 7.03. The van der Waals surface area contributed by atoms with Gasteiger partial charge in [-0.3, -0.25) is 4.79 Å². The number of amides is 1. The van der Waals surface area contributed by atoms with Crippen molar-refractivity contribution in [1.29, 1.82) is 0 Å². The zero-order chi connectivity index (χ0) is 14.1. The lowest BCUT2D eigenvalue weighted by molar-refractivity contribution is -0.119. The molecule has 1 amide bonds. The fraction of sp³-hybridized carbons (Fsp3) is 0.308. The van der Waals surface area contributed by atoms with Gasteiger partial charge in [0.15, 0.2) is 0 Å². The van der Waals surface area contributed by atoms with E-state index < -0.39 is 0 Å². The van der Waals surface area contributed by atoms with E-state index in [0.29, 0.717) is 6.54 Å². The van der Waals surface area contributed by atoms with Crippen molar-refractivity contribution < 1.29 is 9.53 Å². The van der Waals surface area contributed by atoms with E-state index >= 15 is 0 Å². The summed E-state index contributed by atoms with van der Waals surface area (Å²) < 4.78 is 8.18. The minimum absolute atomic E-state index is 0.0370. The Morgan fingerprint density at radius 3 is 3.15 bits per heavy atom. The van der Waals surface area contributed by atoms with Crippen LogP contribution < -0.4 is 9.64 Å². The maximum absolute atomic E-state index is 12.5. The van der Waals surface area contributed by atoms with Crippen LogP contribution in [0.2, 0.25) is 0 Å². The summed E-state index contributed by atoms with van der Waals surface area (Å²) in [5.41, 5.74) is 0.780. The molecular weight excluding hydrogens is 324 g/mol. The maximum Gasteiger partial charge on any atom is 0.249 e. The highest BCUT2D eigenvalue weighted by Crippen LogP contribution is 2.35. The number of rotatable bonds is 2. The number of hydrogen-bond acceptors (Lipinski definition) is 4. The first-order chi connectivity index (χ1) is 9.63. The second-order valence-corrected chi connectivity index (χ2v) is 5.56. The molecule has 1 aliphatic heterocycles. The average Bonchev–Trinajstić information content (AvgIpc) is 2.91. The first kappa shape index (κ1) is 13.1. The number of anilines is 1. The van der Waals surface area contributed by atoms with Gasteiger partial charge in [0.2, 0.25) is 5.91 Å². The molecule has 20 heavy (non-hydrogen) atoms. The fourth-order valence-corrected chi connectivity index (χ4v) is 2.54. The lowest BCUT2D eigenvalue weighted by atomic mass is 10.2. The summed E-state index contributed by atoms with van der Waals surface area (Å²) in [6.45, 7) is 2.64. The van der Waals surface area contributed by atoms with Crippen molar-refractivity contribution in [2.75, 3.05) is 11.4 Å². The van der Waals surface area contributed by atoms with E-state index in [4.69, 9.17) is 4.74 Å². The van der Waals surface area contributed by atoms with Gasteiger partial charge in [0.25, 0.3) is 0 Å². The Kier molecular flexibility index (Phi) is 3.43. The predicted octanol–water partition coefficient (Wildman–Crippen LogP) is 1.85. The largest absolute Gasteiger partial charge is 0.487 e. The normalized spacial score (nSPS) is 17.5. The van der Waals surface area contributed by atoms with E-state index in [-0.39, 0.29) is 18.6 Å². The van der Waals surface area contributed by atoms with Gasteiger partial charge >= 0.3 is 0 Å². The van der Waals surface area contributed by atoms with Crippen molar-refractivity contribution in [3.8, 4) is 5.75 Å². The van der Waals surface area contributed by atoms with Crippen molar-refractivity contribution in [2.24, 2.45) is 0 Å². The van der Waals surface area contributed by atoms with Crippen LogP contribution in [0.15, 0.2) is 35.1 Å². The molecule has 0 unspecified atom stereocenters. The molecule has 1 aromatic heterocycles. The van der Waals surface area contributed by atoms with Crippen molar-refractivity contribution in [2.45, 2.75) is 19.6 Å². The Morgan fingerprint density at radius 1 is 1.55 bits per heavy atom. The van der Waals surface area contributed by atoms with E-state index in [1.807, 2.05) is 25.1 Å². The van der Waals surface area contributed by atoms with E-state index in [1.165, 1.54) is 4.68 Å². The second kappa shape index (κ2) is 5.24. The van der Waals surface area contributed by atoms with Crippen LogP contribution in [-0.2, 0) is 11.3 Å². The molecule has 0 N–H and O–H groups in total. The van der Waals surface area contributed by atoms with E-state index in [1.54, 1.807) is 17.3 Å². The number of ether oxygens (including phenoxy) is 1. The summed E-state index contributed by atoms with van der Waals surface area (Å²) in [7, 11) is 0. The average molecular weight is 337 g/mol. The molecule has 0 saturated heterocycles. The zero-order valence-electron chi connectivity index (χ0n) is 10.9. The molecule has 1 atom stereocenters. The molecule has 3 rings (SSSR count). The summed E-state index contributed by atoms with van der Waals surface area (Å²) >= 11 is 3.42. The molecule has 0 fully saturated rings. The number of halogens is 1. The minimum atomic E-state index is -0.0385. The molecule has 7 heteroatoms. The summed E-state index contributed by atoms with van der Waals surface area (Å²) in [5, 5.41) is 7.53. The first-order valence-electron chi connectivity index (χ1n) is 6.24. The number of carbonyl (C=O) groups is 1. The number of hydrogen-bond donors (Lipinski definition) is 0. The molecule has 1 aliphatic rings. The van der Waals surface area contributed by atoms with Crippen LogP contribution >= 0.6 is 15.9 Å². The Morgan fingerprint density at radius 2 is 2.40 bits per heavy atom. The molecule has 0 saturated carbocycles. The summed E-state index contributed by atoms with van der Waals surface area (Å²) in [6.07, 6.45) is 3.19. The van der Waals surface area contributed by atoms with Gasteiger partial charge in [0.05, 0.1) is 18.4 Å². The van der Waals surface area contributed by atoms with Crippen molar-refractivity contribution >= 4 is 27.5 Å². The van der Waals surface area contributed by atoms with Crippen LogP contribution in [-0.4, -0.2) is 33.5 Å². The van der Waals surface area contributed by atoms with Crippen molar-refractivity contribution in [3.05, 3.63) is 35.1 Å². The number of fused-ring (bicyclic) bond motifs is 1. The van der Waals surface area contributed by atoms with E-state index in [9.17, 15) is 4.79 Å². The third-order valence-electron chi connectivity index (χ3n) is 3.05. The zero-order valence-corrected chi connectivity index (χ0v) is 12.4. The molecule has 2 aromatic rings. The van der Waals surface area contributed by atoms with Gasteiger partial charge in [-0.15, -0.1) is 5.10 Å². The van der Waals surface area contributed by atoms with Gasteiger partial charge in [-0.2, -0.15) is 0 Å². The quantitative estimate of drug-likeness (QED) is 0.839. The molecular formula is C13H13BrN4O2. The van der Waals surface area contributed by atoms with Gasteiger partial charge in [-0.1, -0.05) is 21.1 Å². The maximum atomic E-state index is 12.5. The van der Waals surface area contributed by atoms with Gasteiger partial charge in [-0.05, 0) is 25.1 Å². The Bertz CT molecular complexity index is 629. The lowest BCUT2D eigenvalue weighted by Gasteiger charge is -2.33. The Balaban J connectivity index is 1.89. The monoisotopic (exact) mass is 336 g/mol. The van der Waals surface area contributed by atoms with Crippen LogP contribution in [0.1, 0.15) is 6.92 Å². The number of carbonyl (C=O) groups excluding carboxylic acids is 1. The van der Waals surface area contributed by atoms with Crippen molar-refractivity contribution in [1.82, 2.24) is 15.0 Å². The Hall–Kier alpha value is -1.89. The molecule has 0 spiro atoms. The molecule has 1 aromatic carbocycles. The third kappa shape index (κ3) is 2.53. The van der Waals surface area contributed by atoms with E-state index in [2.05, 4.69) is 26.2 Å². The minimum Gasteiger partial charge on any atom is -0.487 e. The van der Waals surface area contributed by atoms with Gasteiger partial charge < -0.3 is 9.64 Å². The molecule has 0 radical (unpaired) electrons. The van der Waals surface area contributed by atoms with Gasteiger partial charge in [-0.25, -0.2) is 4.68 Å². The molecule has 2 heterocycles. The van der Waals surface area contributed by atoms with Gasteiger partial charge in [0.1, 0.15) is 18.4 Å². The predicted molar refractivity (Wildman–Crippen MR) is 76.6 cm³/mol. The highest BCUT2D eigenvalue weighted by atomic mass is 79.9. The molecule has 6 nitrogen and oxygen atoms in total. The summed E-state index contributed by atoms with van der Waals surface area (Å²) in [6, 6.07) is 5.65. The topological polar surface area (TPSA) is 60.2 Å². The Labute approximate surface area is 124 Å². The SMILES string of the molecule is C[C@@H]1CN(C(=O)Cn2ccnn2)c2cc(Br)ccc2O1. The van der Waals surface area contributed by atoms with Crippen LogP contribution in [0.5, 0.6) is 5.75 Å². The number of benzene rings is 1. The lowest BCUT2D eigenvalue weighted by Crippen LogP contribution is -2.43. The molecule has 0 aliphatic carbocycles. The second-order valence-electron chi connectivity index (χ2n) is 4.65. The summed E-state index contributed by atoms with van der Waals surface area (Å²) in [4.78, 5) is 14.2. The highest BCUT2D eigenvalue weighted by molar-refractivity contribution is 9.10. The van der Waals surface area contributed by atoms with Crippen LogP contribution in [0, 0.1) is 0 Å². The van der Waals surface area contributed by atoms with Crippen LogP contribution in [0.4, 0.5) is 5.69 Å². The fourth-order valence-electron chi connectivity index (χ4n) is 2.19. The number of nitrogens with zero attached hydrogens (tertiary/aromatic N) is 4. The van der Waals surface area contributed by atoms with Crippen LogP contribution in [0.3, 0.4) is 0 Å². The standard InChI is InChI=1S/C13H13BrN4O2/c1-9-7-18(13(19)8-17-5-4-15-16-17)11-6-10(14)2-3-12(11)20-9/h2-6,9H,7-8H2,1H3/t9-/m1/s1. The van der Waals surface area contributed by atoms with Crippen LogP contribution in [0.25, 0.3) is 0 Å².